The van der Waals surface area contributed by atoms with Crippen LogP contribution in [-0.2, 0) is 6.42 Å². The summed E-state index contributed by atoms with van der Waals surface area (Å²) < 4.78 is 54.9. The first-order valence-corrected chi connectivity index (χ1v) is 10.2. The molecule has 0 aliphatic carbocycles. The molecular weight excluding hydrogens is 412 g/mol. The van der Waals surface area contributed by atoms with E-state index in [1.807, 2.05) is 30.3 Å². The Kier molecular flexibility index (Phi) is 6.22. The van der Waals surface area contributed by atoms with Crippen LogP contribution >= 0.6 is 0 Å². The first-order chi connectivity index (χ1) is 15.5. The largest absolute Gasteiger partial charge is 0.206 e. The van der Waals surface area contributed by atoms with Crippen LogP contribution in [0.4, 0.5) is 17.6 Å². The van der Waals surface area contributed by atoms with Crippen LogP contribution in [0.15, 0.2) is 91.5 Å². The molecule has 0 nitrogen and oxygen atoms in total. The van der Waals surface area contributed by atoms with Gasteiger partial charge in [0.1, 0.15) is 5.82 Å². The molecule has 0 radical (unpaired) electrons. The Bertz CT molecular complexity index is 1230. The van der Waals surface area contributed by atoms with Crippen LogP contribution in [0, 0.1) is 23.3 Å². The van der Waals surface area contributed by atoms with Gasteiger partial charge in [-0.05, 0) is 64.4 Å². The summed E-state index contributed by atoms with van der Waals surface area (Å²) in [6.07, 6.45) is 3.80. The van der Waals surface area contributed by atoms with E-state index in [-0.39, 0.29) is 11.1 Å². The van der Waals surface area contributed by atoms with Crippen LogP contribution in [0.1, 0.15) is 12.0 Å². The molecular formula is C28H20F4. The average Bonchev–Trinajstić information content (AvgIpc) is 2.81. The van der Waals surface area contributed by atoms with Gasteiger partial charge in [-0.25, -0.2) is 17.6 Å². The fourth-order valence-corrected chi connectivity index (χ4v) is 3.63. The standard InChI is InChI=1S/C28H20F4/c1-2-3-4-18-5-7-19(8-6-18)20-9-11-21(12-10-20)22-13-14-24(25(29)15-22)23-16-26(30)28(32)27(31)17-23/h2,5-17H,1,3-4H2. The Morgan fingerprint density at radius 3 is 1.56 bits per heavy atom. The van der Waals surface area contributed by atoms with Crippen LogP contribution < -0.4 is 0 Å². The van der Waals surface area contributed by atoms with Crippen molar-refractivity contribution in [2.24, 2.45) is 0 Å². The van der Waals surface area contributed by atoms with Crippen LogP contribution in [0.3, 0.4) is 0 Å². The third kappa shape index (κ3) is 4.50. The van der Waals surface area contributed by atoms with Gasteiger partial charge in [-0.1, -0.05) is 66.7 Å². The van der Waals surface area contributed by atoms with Gasteiger partial charge in [0.05, 0.1) is 0 Å². The molecule has 0 aliphatic heterocycles. The maximum absolute atomic E-state index is 14.7. The Morgan fingerprint density at radius 1 is 0.562 bits per heavy atom. The number of hydrogen-bond acceptors (Lipinski definition) is 0. The van der Waals surface area contributed by atoms with Crippen molar-refractivity contribution in [2.75, 3.05) is 0 Å². The highest BCUT2D eigenvalue weighted by Crippen LogP contribution is 2.31. The van der Waals surface area contributed by atoms with Gasteiger partial charge < -0.3 is 0 Å². The molecule has 4 aromatic carbocycles. The number of rotatable bonds is 6. The van der Waals surface area contributed by atoms with E-state index < -0.39 is 23.3 Å². The molecule has 4 heteroatoms. The second kappa shape index (κ2) is 9.23. The van der Waals surface area contributed by atoms with Gasteiger partial charge in [0, 0.05) is 5.56 Å². The van der Waals surface area contributed by atoms with E-state index >= 15 is 0 Å². The molecule has 0 bridgehead atoms. The summed E-state index contributed by atoms with van der Waals surface area (Å²) in [4.78, 5) is 0. The lowest BCUT2D eigenvalue weighted by Crippen LogP contribution is -1.94. The molecule has 0 unspecified atom stereocenters. The van der Waals surface area contributed by atoms with Crippen molar-refractivity contribution in [3.8, 4) is 33.4 Å². The second-order valence-corrected chi connectivity index (χ2v) is 7.55. The van der Waals surface area contributed by atoms with Crippen LogP contribution in [0.5, 0.6) is 0 Å². The first kappa shape index (κ1) is 21.6. The van der Waals surface area contributed by atoms with Crippen molar-refractivity contribution in [3.05, 3.63) is 120 Å². The van der Waals surface area contributed by atoms with Gasteiger partial charge >= 0.3 is 0 Å². The Morgan fingerprint density at radius 2 is 1.03 bits per heavy atom. The zero-order valence-corrected chi connectivity index (χ0v) is 17.2. The summed E-state index contributed by atoms with van der Waals surface area (Å²) in [6, 6.07) is 22.0. The maximum Gasteiger partial charge on any atom is 0.194 e. The highest BCUT2D eigenvalue weighted by atomic mass is 19.2. The van der Waals surface area contributed by atoms with E-state index in [0.717, 1.165) is 41.7 Å². The zero-order chi connectivity index (χ0) is 22.7. The lowest BCUT2D eigenvalue weighted by Gasteiger charge is -2.09. The van der Waals surface area contributed by atoms with Gasteiger partial charge in [0.2, 0.25) is 0 Å². The first-order valence-electron chi connectivity index (χ1n) is 10.2. The summed E-state index contributed by atoms with van der Waals surface area (Å²) in [5.41, 5.74) is 4.75. The van der Waals surface area contributed by atoms with E-state index in [1.54, 1.807) is 6.07 Å². The SMILES string of the molecule is C=CCCc1ccc(-c2ccc(-c3ccc(-c4cc(F)c(F)c(F)c4)c(F)c3)cc2)cc1. The molecule has 0 saturated heterocycles. The normalized spacial score (nSPS) is 10.9. The summed E-state index contributed by atoms with van der Waals surface area (Å²) in [5.74, 6) is -4.93. The van der Waals surface area contributed by atoms with Crippen LogP contribution in [-0.4, -0.2) is 0 Å². The van der Waals surface area contributed by atoms with Gasteiger partial charge in [0.15, 0.2) is 17.5 Å². The lowest BCUT2D eigenvalue weighted by molar-refractivity contribution is 0.447. The Hall–Kier alpha value is -3.66. The van der Waals surface area contributed by atoms with E-state index in [9.17, 15) is 17.6 Å². The summed E-state index contributed by atoms with van der Waals surface area (Å²) in [5, 5.41) is 0. The smallest absolute Gasteiger partial charge is 0.194 e. The minimum atomic E-state index is -1.57. The monoisotopic (exact) mass is 432 g/mol. The Labute approximate surface area is 184 Å². The molecule has 0 aromatic heterocycles. The number of allylic oxidation sites excluding steroid dienone is 1. The molecule has 160 valence electrons. The fourth-order valence-electron chi connectivity index (χ4n) is 3.63. The molecule has 0 atom stereocenters. The minimum Gasteiger partial charge on any atom is -0.206 e. The minimum absolute atomic E-state index is 0.000265. The van der Waals surface area contributed by atoms with E-state index in [2.05, 4.69) is 30.8 Å². The third-order valence-electron chi connectivity index (χ3n) is 5.41. The van der Waals surface area contributed by atoms with Gasteiger partial charge in [-0.15, -0.1) is 6.58 Å². The number of hydrogen-bond donors (Lipinski definition) is 0. The van der Waals surface area contributed by atoms with Crippen molar-refractivity contribution < 1.29 is 17.6 Å². The lowest BCUT2D eigenvalue weighted by atomic mass is 9.97. The topological polar surface area (TPSA) is 0 Å². The van der Waals surface area contributed by atoms with Crippen molar-refractivity contribution in [3.63, 3.8) is 0 Å². The number of aryl methyl sites for hydroxylation is 1. The molecule has 0 N–H and O–H groups in total. The van der Waals surface area contributed by atoms with Gasteiger partial charge in [-0.2, -0.15) is 0 Å². The number of benzene rings is 4. The van der Waals surface area contributed by atoms with E-state index in [4.69, 9.17) is 0 Å². The van der Waals surface area contributed by atoms with E-state index in [1.165, 1.54) is 17.7 Å². The highest BCUT2D eigenvalue weighted by molar-refractivity contribution is 5.73. The van der Waals surface area contributed by atoms with Gasteiger partial charge in [-0.3, -0.25) is 0 Å². The molecule has 0 heterocycles. The van der Waals surface area contributed by atoms with Crippen LogP contribution in [0.25, 0.3) is 33.4 Å². The van der Waals surface area contributed by atoms with Crippen molar-refractivity contribution >= 4 is 0 Å². The predicted molar refractivity (Wildman–Crippen MR) is 121 cm³/mol. The summed E-state index contributed by atoms with van der Waals surface area (Å²) >= 11 is 0. The number of halogens is 4. The summed E-state index contributed by atoms with van der Waals surface area (Å²) in [7, 11) is 0. The van der Waals surface area contributed by atoms with Crippen molar-refractivity contribution in [1.82, 2.24) is 0 Å². The third-order valence-corrected chi connectivity index (χ3v) is 5.41. The average molecular weight is 432 g/mol. The molecule has 0 spiro atoms. The highest BCUT2D eigenvalue weighted by Gasteiger charge is 2.14. The summed E-state index contributed by atoms with van der Waals surface area (Å²) in [6.45, 7) is 3.74. The van der Waals surface area contributed by atoms with E-state index in [0.29, 0.717) is 5.56 Å². The molecule has 32 heavy (non-hydrogen) atoms. The van der Waals surface area contributed by atoms with Crippen molar-refractivity contribution in [1.29, 1.82) is 0 Å². The Balaban J connectivity index is 1.57. The fraction of sp³-hybridized carbons (Fsp3) is 0.0714. The second-order valence-electron chi connectivity index (χ2n) is 7.55. The maximum atomic E-state index is 14.7. The molecule has 0 amide bonds. The molecule has 0 fully saturated rings. The zero-order valence-electron chi connectivity index (χ0n) is 17.2. The van der Waals surface area contributed by atoms with Gasteiger partial charge in [0.25, 0.3) is 0 Å². The molecule has 4 aromatic rings. The predicted octanol–water partition coefficient (Wildman–Crippen LogP) is 8.36. The molecule has 4 rings (SSSR count). The molecule has 0 saturated carbocycles. The quantitative estimate of drug-likeness (QED) is 0.163. The van der Waals surface area contributed by atoms with Crippen LogP contribution in [0.2, 0.25) is 0 Å². The van der Waals surface area contributed by atoms with Crippen molar-refractivity contribution in [2.45, 2.75) is 12.8 Å². The molecule has 0 aliphatic rings.